The first-order chi connectivity index (χ1) is 9.77. The highest BCUT2D eigenvalue weighted by atomic mass is 32.2. The summed E-state index contributed by atoms with van der Waals surface area (Å²) in [6.07, 6.45) is 2.84. The average molecular weight is 305 g/mol. The smallest absolute Gasteiger partial charge is 0.256 e. The molecule has 0 radical (unpaired) electrons. The maximum atomic E-state index is 12.0. The lowest BCUT2D eigenvalue weighted by Crippen LogP contribution is -2.13. The minimum atomic E-state index is -3.25. The standard InChI is InChI=1S/C14H15N3O3S/c1-10(14(18)15-13-8-9-17(2)16-13)11-4-6-12(7-5-11)21(3,19)20/h4-9H,1H2,2-3H3,(H,15,16,18). The van der Waals surface area contributed by atoms with Crippen LogP contribution < -0.4 is 5.32 Å². The van der Waals surface area contributed by atoms with Crippen LogP contribution in [0.4, 0.5) is 5.82 Å². The number of sulfone groups is 1. The van der Waals surface area contributed by atoms with E-state index in [2.05, 4.69) is 17.0 Å². The fourth-order valence-electron chi connectivity index (χ4n) is 1.71. The van der Waals surface area contributed by atoms with Gasteiger partial charge in [-0.05, 0) is 17.7 Å². The fourth-order valence-corrected chi connectivity index (χ4v) is 2.34. The Labute approximate surface area is 123 Å². The van der Waals surface area contributed by atoms with Crippen LogP contribution in [0, 0.1) is 0 Å². The van der Waals surface area contributed by atoms with E-state index in [0.29, 0.717) is 11.4 Å². The second-order valence-corrected chi connectivity index (χ2v) is 6.62. The molecule has 7 heteroatoms. The Bertz CT molecular complexity index is 789. The van der Waals surface area contributed by atoms with Gasteiger partial charge in [0.15, 0.2) is 15.7 Å². The Morgan fingerprint density at radius 1 is 1.24 bits per heavy atom. The Hall–Kier alpha value is -2.41. The molecular weight excluding hydrogens is 290 g/mol. The van der Waals surface area contributed by atoms with Crippen molar-refractivity contribution in [1.29, 1.82) is 0 Å². The number of anilines is 1. The number of nitrogens with zero attached hydrogens (tertiary/aromatic N) is 2. The summed E-state index contributed by atoms with van der Waals surface area (Å²) >= 11 is 0. The van der Waals surface area contributed by atoms with Crippen LogP contribution in [0.25, 0.3) is 5.57 Å². The fraction of sp³-hybridized carbons (Fsp3) is 0.143. The second kappa shape index (κ2) is 5.53. The minimum Gasteiger partial charge on any atom is -0.305 e. The van der Waals surface area contributed by atoms with Gasteiger partial charge in [-0.2, -0.15) is 5.10 Å². The second-order valence-electron chi connectivity index (χ2n) is 4.60. The molecule has 0 aliphatic carbocycles. The van der Waals surface area contributed by atoms with Crippen molar-refractivity contribution in [2.75, 3.05) is 11.6 Å². The molecule has 1 aromatic heterocycles. The molecule has 2 aromatic rings. The summed E-state index contributed by atoms with van der Waals surface area (Å²) in [4.78, 5) is 12.2. The number of hydrogen-bond acceptors (Lipinski definition) is 4. The molecule has 1 heterocycles. The molecule has 0 unspecified atom stereocenters. The van der Waals surface area contributed by atoms with Crippen molar-refractivity contribution in [1.82, 2.24) is 9.78 Å². The van der Waals surface area contributed by atoms with Gasteiger partial charge in [0.2, 0.25) is 0 Å². The van der Waals surface area contributed by atoms with Crippen molar-refractivity contribution in [3.05, 3.63) is 48.7 Å². The van der Waals surface area contributed by atoms with E-state index in [9.17, 15) is 13.2 Å². The largest absolute Gasteiger partial charge is 0.305 e. The van der Waals surface area contributed by atoms with Crippen LogP contribution in [0.2, 0.25) is 0 Å². The van der Waals surface area contributed by atoms with Crippen LogP contribution in [0.5, 0.6) is 0 Å². The summed E-state index contributed by atoms with van der Waals surface area (Å²) in [7, 11) is -1.51. The van der Waals surface area contributed by atoms with Crippen molar-refractivity contribution >= 4 is 27.1 Å². The van der Waals surface area contributed by atoms with E-state index in [1.807, 2.05) is 0 Å². The third-order valence-electron chi connectivity index (χ3n) is 2.86. The number of hydrogen-bond donors (Lipinski definition) is 1. The maximum absolute atomic E-state index is 12.0. The summed E-state index contributed by atoms with van der Waals surface area (Å²) in [5.74, 6) is 0.0391. The van der Waals surface area contributed by atoms with Crippen molar-refractivity contribution < 1.29 is 13.2 Å². The molecule has 1 aromatic carbocycles. The zero-order chi connectivity index (χ0) is 15.6. The van der Waals surface area contributed by atoms with Gasteiger partial charge < -0.3 is 5.32 Å². The molecule has 0 fully saturated rings. The van der Waals surface area contributed by atoms with Crippen LogP contribution in [-0.4, -0.2) is 30.4 Å². The highest BCUT2D eigenvalue weighted by molar-refractivity contribution is 7.90. The van der Waals surface area contributed by atoms with E-state index in [4.69, 9.17) is 0 Å². The summed E-state index contributed by atoms with van der Waals surface area (Å²) in [6, 6.07) is 7.67. The van der Waals surface area contributed by atoms with Crippen LogP contribution in [0.3, 0.4) is 0 Å². The first kappa shape index (κ1) is 15.0. The third kappa shape index (κ3) is 3.57. The van der Waals surface area contributed by atoms with E-state index < -0.39 is 9.84 Å². The number of rotatable bonds is 4. The molecule has 0 aliphatic rings. The molecule has 2 rings (SSSR count). The summed E-state index contributed by atoms with van der Waals surface area (Å²) < 4.78 is 24.3. The monoisotopic (exact) mass is 305 g/mol. The molecule has 0 saturated heterocycles. The van der Waals surface area contributed by atoms with E-state index in [0.717, 1.165) is 6.26 Å². The molecule has 0 aliphatic heterocycles. The Kier molecular flexibility index (Phi) is 3.95. The third-order valence-corrected chi connectivity index (χ3v) is 3.99. The topological polar surface area (TPSA) is 81.1 Å². The Morgan fingerprint density at radius 3 is 2.33 bits per heavy atom. The number of carbonyl (C=O) groups is 1. The van der Waals surface area contributed by atoms with Gasteiger partial charge in [0.05, 0.1) is 4.90 Å². The molecule has 0 spiro atoms. The van der Waals surface area contributed by atoms with Crippen molar-refractivity contribution in [3.63, 3.8) is 0 Å². The molecule has 6 nitrogen and oxygen atoms in total. The first-order valence-electron chi connectivity index (χ1n) is 6.08. The Balaban J connectivity index is 2.14. The molecule has 0 saturated carbocycles. The van der Waals surface area contributed by atoms with Crippen molar-refractivity contribution in [2.45, 2.75) is 4.90 Å². The van der Waals surface area contributed by atoms with Gasteiger partial charge in [-0.25, -0.2) is 8.42 Å². The van der Waals surface area contributed by atoms with Gasteiger partial charge in [-0.15, -0.1) is 0 Å². The van der Waals surface area contributed by atoms with E-state index in [1.165, 1.54) is 12.1 Å². The number of nitrogens with one attached hydrogen (secondary N) is 1. The summed E-state index contributed by atoms with van der Waals surface area (Å²) in [5.41, 5.74) is 0.788. The summed E-state index contributed by atoms with van der Waals surface area (Å²) in [5, 5.41) is 6.65. The molecular formula is C14H15N3O3S. The van der Waals surface area contributed by atoms with E-state index in [1.54, 1.807) is 36.1 Å². The number of carbonyl (C=O) groups excluding carboxylic acids is 1. The number of benzene rings is 1. The minimum absolute atomic E-state index is 0.198. The van der Waals surface area contributed by atoms with Crippen LogP contribution in [0.1, 0.15) is 5.56 Å². The first-order valence-corrected chi connectivity index (χ1v) is 7.97. The normalized spacial score (nSPS) is 11.1. The summed E-state index contributed by atoms with van der Waals surface area (Å²) in [6.45, 7) is 3.72. The van der Waals surface area contributed by atoms with Gasteiger partial charge in [0.1, 0.15) is 0 Å². The predicted octanol–water partition coefficient (Wildman–Crippen LogP) is 1.48. The molecule has 1 N–H and O–H groups in total. The molecule has 21 heavy (non-hydrogen) atoms. The highest BCUT2D eigenvalue weighted by Crippen LogP contribution is 2.17. The quantitative estimate of drug-likeness (QED) is 0.867. The van der Waals surface area contributed by atoms with Gasteiger partial charge in [-0.3, -0.25) is 9.48 Å². The van der Waals surface area contributed by atoms with Crippen LogP contribution in [-0.2, 0) is 21.7 Å². The van der Waals surface area contributed by atoms with Gasteiger partial charge in [0, 0.05) is 31.1 Å². The van der Waals surface area contributed by atoms with E-state index in [-0.39, 0.29) is 16.4 Å². The number of aromatic nitrogens is 2. The van der Waals surface area contributed by atoms with E-state index >= 15 is 0 Å². The van der Waals surface area contributed by atoms with Crippen molar-refractivity contribution in [2.24, 2.45) is 7.05 Å². The highest BCUT2D eigenvalue weighted by Gasteiger charge is 2.12. The molecule has 0 atom stereocenters. The van der Waals surface area contributed by atoms with Crippen LogP contribution >= 0.6 is 0 Å². The van der Waals surface area contributed by atoms with Gasteiger partial charge in [0.25, 0.3) is 5.91 Å². The Morgan fingerprint density at radius 2 is 1.86 bits per heavy atom. The lowest BCUT2D eigenvalue weighted by atomic mass is 10.1. The lowest BCUT2D eigenvalue weighted by Gasteiger charge is -2.06. The molecule has 1 amide bonds. The zero-order valence-corrected chi connectivity index (χ0v) is 12.5. The van der Waals surface area contributed by atoms with Crippen molar-refractivity contribution in [3.8, 4) is 0 Å². The maximum Gasteiger partial charge on any atom is 0.256 e. The number of aryl methyl sites for hydroxylation is 1. The van der Waals surface area contributed by atoms with Gasteiger partial charge in [-0.1, -0.05) is 18.7 Å². The SMILES string of the molecule is C=C(C(=O)Nc1ccn(C)n1)c1ccc(S(C)(=O)=O)cc1. The molecule has 110 valence electrons. The predicted molar refractivity (Wildman–Crippen MR) is 80.4 cm³/mol. The zero-order valence-electron chi connectivity index (χ0n) is 11.7. The lowest BCUT2D eigenvalue weighted by molar-refractivity contribution is -0.111. The number of amides is 1. The average Bonchev–Trinajstić information content (AvgIpc) is 2.82. The van der Waals surface area contributed by atoms with Crippen LogP contribution in [0.15, 0.2) is 48.0 Å². The van der Waals surface area contributed by atoms with Gasteiger partial charge >= 0.3 is 0 Å². The molecule has 0 bridgehead atoms.